The van der Waals surface area contributed by atoms with E-state index in [1.54, 1.807) is 6.07 Å². The molecule has 0 aliphatic heterocycles. The van der Waals surface area contributed by atoms with Crippen molar-refractivity contribution in [3.8, 4) is 0 Å². The molecule has 1 aromatic rings. The van der Waals surface area contributed by atoms with Crippen LogP contribution in [0.2, 0.25) is 5.02 Å². The molecule has 3 N–H and O–H groups in total. The highest BCUT2D eigenvalue weighted by Gasteiger charge is 2.22. The van der Waals surface area contributed by atoms with Gasteiger partial charge in [-0.05, 0) is 25.0 Å². The van der Waals surface area contributed by atoms with Gasteiger partial charge in [-0.1, -0.05) is 25.4 Å². The van der Waals surface area contributed by atoms with Gasteiger partial charge in [-0.2, -0.15) is 0 Å². The fraction of sp³-hybridized carbons (Fsp3) is 0.500. The average Bonchev–Trinajstić information content (AvgIpc) is 2.37. The van der Waals surface area contributed by atoms with E-state index in [2.05, 4.69) is 10.3 Å². The second kappa shape index (κ2) is 6.02. The first-order valence-corrected chi connectivity index (χ1v) is 6.15. The predicted octanol–water partition coefficient (Wildman–Crippen LogP) is 2.40. The summed E-state index contributed by atoms with van der Waals surface area (Å²) in [6.07, 6.45) is 1.21. The molecule has 0 radical (unpaired) electrons. The van der Waals surface area contributed by atoms with Gasteiger partial charge in [-0.3, -0.25) is 0 Å². The number of carbonyl (C=O) groups is 1. The number of pyridine rings is 1. The molecule has 0 aliphatic carbocycles. The molecule has 1 heterocycles. The summed E-state index contributed by atoms with van der Waals surface area (Å²) in [4.78, 5) is 14.8. The van der Waals surface area contributed by atoms with E-state index < -0.39 is 11.6 Å². The summed E-state index contributed by atoms with van der Waals surface area (Å²) < 4.78 is 0. The Morgan fingerprint density at radius 1 is 1.44 bits per heavy atom. The highest BCUT2D eigenvalue weighted by molar-refractivity contribution is 6.33. The zero-order chi connectivity index (χ0) is 13.8. The monoisotopic (exact) mass is 272 g/mol. The van der Waals surface area contributed by atoms with Crippen LogP contribution in [0.1, 0.15) is 37.2 Å². The summed E-state index contributed by atoms with van der Waals surface area (Å²) in [5, 5.41) is 22.0. The van der Waals surface area contributed by atoms with Crippen molar-refractivity contribution in [1.82, 2.24) is 4.98 Å². The van der Waals surface area contributed by atoms with Gasteiger partial charge in [0.2, 0.25) is 0 Å². The molecule has 0 unspecified atom stereocenters. The van der Waals surface area contributed by atoms with Crippen molar-refractivity contribution in [1.29, 1.82) is 0 Å². The molecule has 0 aromatic carbocycles. The molecule has 0 aliphatic rings. The normalized spacial score (nSPS) is 11.3. The standard InChI is InChI=1S/C12H17ClN2O3/c1-3-12(18,4-2)7-14-9-6-5-8(13)10(15-9)11(16)17/h5-6,18H,3-4,7H2,1-2H3,(H,14,15)(H,16,17). The summed E-state index contributed by atoms with van der Waals surface area (Å²) in [5.74, 6) is -0.790. The number of hydrogen-bond acceptors (Lipinski definition) is 4. The Morgan fingerprint density at radius 3 is 2.56 bits per heavy atom. The lowest BCUT2D eigenvalue weighted by Crippen LogP contribution is -2.35. The number of aromatic carboxylic acids is 1. The minimum atomic E-state index is -1.18. The van der Waals surface area contributed by atoms with E-state index in [1.165, 1.54) is 6.07 Å². The molecule has 0 bridgehead atoms. The van der Waals surface area contributed by atoms with E-state index in [4.69, 9.17) is 16.7 Å². The highest BCUT2D eigenvalue weighted by Crippen LogP contribution is 2.19. The van der Waals surface area contributed by atoms with Gasteiger partial charge in [0.25, 0.3) is 0 Å². The van der Waals surface area contributed by atoms with Crippen molar-refractivity contribution in [3.63, 3.8) is 0 Å². The lowest BCUT2D eigenvalue weighted by molar-refractivity contribution is 0.0456. The van der Waals surface area contributed by atoms with Crippen LogP contribution >= 0.6 is 11.6 Å². The fourth-order valence-corrected chi connectivity index (χ4v) is 1.63. The quantitative estimate of drug-likeness (QED) is 0.741. The molecule has 0 spiro atoms. The molecule has 5 nitrogen and oxygen atoms in total. The SMILES string of the molecule is CCC(O)(CC)CNc1ccc(Cl)c(C(=O)O)n1. The third-order valence-electron chi connectivity index (χ3n) is 2.96. The van der Waals surface area contributed by atoms with Crippen molar-refractivity contribution < 1.29 is 15.0 Å². The number of nitrogens with one attached hydrogen (secondary N) is 1. The Morgan fingerprint density at radius 2 is 2.06 bits per heavy atom. The first-order valence-electron chi connectivity index (χ1n) is 5.78. The Bertz CT molecular complexity index is 433. The lowest BCUT2D eigenvalue weighted by atomic mass is 9.98. The van der Waals surface area contributed by atoms with Crippen molar-refractivity contribution in [2.75, 3.05) is 11.9 Å². The Kier molecular flexibility index (Phi) is 4.93. The van der Waals surface area contributed by atoms with Crippen LogP contribution < -0.4 is 5.32 Å². The molecule has 6 heteroatoms. The lowest BCUT2D eigenvalue weighted by Gasteiger charge is -2.25. The van der Waals surface area contributed by atoms with Crippen LogP contribution in [0.4, 0.5) is 5.82 Å². The molecule has 100 valence electrons. The Hall–Kier alpha value is -1.33. The second-order valence-electron chi connectivity index (χ2n) is 4.12. The minimum absolute atomic E-state index is 0.0919. The van der Waals surface area contributed by atoms with Gasteiger partial charge in [-0.15, -0.1) is 0 Å². The van der Waals surface area contributed by atoms with Gasteiger partial charge >= 0.3 is 5.97 Å². The number of anilines is 1. The van der Waals surface area contributed by atoms with Gasteiger partial charge in [0.05, 0.1) is 10.6 Å². The molecule has 0 fully saturated rings. The number of carboxylic acids is 1. The smallest absolute Gasteiger partial charge is 0.356 e. The first-order chi connectivity index (χ1) is 8.41. The summed E-state index contributed by atoms with van der Waals surface area (Å²) >= 11 is 5.72. The molecule has 18 heavy (non-hydrogen) atoms. The largest absolute Gasteiger partial charge is 0.476 e. The topological polar surface area (TPSA) is 82.5 Å². The number of rotatable bonds is 6. The van der Waals surface area contributed by atoms with Gasteiger partial charge < -0.3 is 15.5 Å². The van der Waals surface area contributed by atoms with Crippen molar-refractivity contribution in [3.05, 3.63) is 22.8 Å². The van der Waals surface area contributed by atoms with E-state index >= 15 is 0 Å². The molecule has 1 rings (SSSR count). The second-order valence-corrected chi connectivity index (χ2v) is 4.52. The summed E-state index contributed by atoms with van der Waals surface area (Å²) in [5.41, 5.74) is -1.01. The van der Waals surface area contributed by atoms with Crippen LogP contribution in [-0.2, 0) is 0 Å². The van der Waals surface area contributed by atoms with Crippen molar-refractivity contribution in [2.24, 2.45) is 0 Å². The summed E-state index contributed by atoms with van der Waals surface area (Å²) in [6.45, 7) is 4.10. The zero-order valence-corrected chi connectivity index (χ0v) is 11.2. The van der Waals surface area contributed by atoms with Crippen LogP contribution in [0, 0.1) is 0 Å². The Balaban J connectivity index is 2.80. The van der Waals surface area contributed by atoms with Gasteiger partial charge in [-0.25, -0.2) is 9.78 Å². The van der Waals surface area contributed by atoms with Gasteiger partial charge in [0, 0.05) is 6.54 Å². The molecule has 0 atom stereocenters. The predicted molar refractivity (Wildman–Crippen MR) is 70.2 cm³/mol. The Labute approximate surface area is 111 Å². The number of hydrogen-bond donors (Lipinski definition) is 3. The average molecular weight is 273 g/mol. The fourth-order valence-electron chi connectivity index (χ4n) is 1.45. The number of carboxylic acid groups (broad SMARTS) is 1. The highest BCUT2D eigenvalue weighted by atomic mass is 35.5. The summed E-state index contributed by atoms with van der Waals surface area (Å²) in [6, 6.07) is 3.05. The molecule has 0 saturated carbocycles. The van der Waals surface area contributed by atoms with E-state index in [0.717, 1.165) is 0 Å². The maximum Gasteiger partial charge on any atom is 0.356 e. The van der Waals surface area contributed by atoms with Gasteiger partial charge in [0.1, 0.15) is 5.82 Å². The maximum absolute atomic E-state index is 10.9. The van der Waals surface area contributed by atoms with Gasteiger partial charge in [0.15, 0.2) is 5.69 Å². The first kappa shape index (κ1) is 14.7. The van der Waals surface area contributed by atoms with E-state index in [0.29, 0.717) is 25.2 Å². The van der Waals surface area contributed by atoms with Crippen LogP contribution in [-0.4, -0.2) is 33.3 Å². The number of aliphatic hydroxyl groups is 1. The zero-order valence-electron chi connectivity index (χ0n) is 10.4. The van der Waals surface area contributed by atoms with Crippen LogP contribution in [0.3, 0.4) is 0 Å². The molecule has 0 saturated heterocycles. The van der Waals surface area contributed by atoms with Crippen LogP contribution in [0.25, 0.3) is 0 Å². The van der Waals surface area contributed by atoms with Crippen LogP contribution in [0.5, 0.6) is 0 Å². The third kappa shape index (κ3) is 3.58. The number of aromatic nitrogens is 1. The molecule has 0 amide bonds. The summed E-state index contributed by atoms with van der Waals surface area (Å²) in [7, 11) is 0. The number of halogens is 1. The third-order valence-corrected chi connectivity index (χ3v) is 3.27. The van der Waals surface area contributed by atoms with Crippen molar-refractivity contribution in [2.45, 2.75) is 32.3 Å². The maximum atomic E-state index is 10.9. The molecule has 1 aromatic heterocycles. The van der Waals surface area contributed by atoms with E-state index in [9.17, 15) is 9.90 Å². The number of nitrogens with zero attached hydrogens (tertiary/aromatic N) is 1. The molecular formula is C12H17ClN2O3. The minimum Gasteiger partial charge on any atom is -0.476 e. The van der Waals surface area contributed by atoms with E-state index in [1.807, 2.05) is 13.8 Å². The van der Waals surface area contributed by atoms with Crippen LogP contribution in [0.15, 0.2) is 12.1 Å². The van der Waals surface area contributed by atoms with Crippen molar-refractivity contribution >= 4 is 23.4 Å². The molecular weight excluding hydrogens is 256 g/mol. The van der Waals surface area contributed by atoms with E-state index in [-0.39, 0.29) is 10.7 Å².